The van der Waals surface area contributed by atoms with E-state index in [1.165, 1.54) is 25.9 Å². The maximum atomic E-state index is 3.77. The highest BCUT2D eigenvalue weighted by Crippen LogP contribution is 2.63. The number of hydrogen-bond donors (Lipinski definition) is 1. The Bertz CT molecular complexity index is 312. The van der Waals surface area contributed by atoms with Crippen LogP contribution in [0.15, 0.2) is 0 Å². The number of piperidine rings is 1. The molecule has 1 heteroatoms. The first-order chi connectivity index (χ1) is 9.19. The summed E-state index contributed by atoms with van der Waals surface area (Å²) in [5, 5.41) is 3.77. The van der Waals surface area contributed by atoms with Gasteiger partial charge in [-0.1, -0.05) is 13.8 Å². The molecule has 4 aliphatic carbocycles. The first-order valence-corrected chi connectivity index (χ1v) is 8.90. The second-order valence-corrected chi connectivity index (χ2v) is 8.62. The molecule has 0 aromatic carbocycles. The van der Waals surface area contributed by atoms with Crippen LogP contribution in [0.1, 0.15) is 58.8 Å². The van der Waals surface area contributed by atoms with Gasteiger partial charge in [-0.15, -0.1) is 0 Å². The molecule has 0 amide bonds. The quantitative estimate of drug-likeness (QED) is 0.789. The molecule has 0 aromatic rings. The fourth-order valence-electron chi connectivity index (χ4n) is 6.98. The molecule has 4 bridgehead atoms. The fourth-order valence-corrected chi connectivity index (χ4v) is 6.98. The van der Waals surface area contributed by atoms with Gasteiger partial charge in [0.15, 0.2) is 0 Å². The summed E-state index contributed by atoms with van der Waals surface area (Å²) in [5.41, 5.74) is 0.640. The van der Waals surface area contributed by atoms with Crippen molar-refractivity contribution in [1.82, 2.24) is 5.32 Å². The van der Waals surface area contributed by atoms with Gasteiger partial charge >= 0.3 is 0 Å². The van der Waals surface area contributed by atoms with Crippen molar-refractivity contribution in [2.75, 3.05) is 13.1 Å². The lowest BCUT2D eigenvalue weighted by atomic mass is 9.44. The van der Waals surface area contributed by atoms with E-state index in [1.54, 1.807) is 32.1 Å². The normalized spacial score (nSPS) is 52.9. The second kappa shape index (κ2) is 4.48. The van der Waals surface area contributed by atoms with Gasteiger partial charge in [-0.3, -0.25) is 0 Å². The summed E-state index contributed by atoms with van der Waals surface area (Å²) in [7, 11) is 0. The van der Waals surface area contributed by atoms with Crippen molar-refractivity contribution in [3.63, 3.8) is 0 Å². The zero-order valence-corrected chi connectivity index (χ0v) is 12.8. The zero-order chi connectivity index (χ0) is 13.0. The Kier molecular flexibility index (Phi) is 2.99. The van der Waals surface area contributed by atoms with Crippen LogP contribution in [-0.2, 0) is 0 Å². The predicted octanol–water partition coefficient (Wildman–Crippen LogP) is 4.08. The lowest BCUT2D eigenvalue weighted by Gasteiger charge is -2.62. The van der Waals surface area contributed by atoms with Crippen LogP contribution in [0.3, 0.4) is 0 Å². The molecule has 4 saturated carbocycles. The minimum Gasteiger partial charge on any atom is -0.316 e. The van der Waals surface area contributed by atoms with Crippen LogP contribution >= 0.6 is 0 Å². The van der Waals surface area contributed by atoms with Gasteiger partial charge in [0.2, 0.25) is 0 Å². The molecule has 108 valence electrons. The summed E-state index contributed by atoms with van der Waals surface area (Å²) in [6.07, 6.45) is 10.9. The Labute approximate surface area is 118 Å². The lowest BCUT2D eigenvalue weighted by Crippen LogP contribution is -2.58. The number of rotatable bonds is 2. The molecule has 5 aliphatic rings. The van der Waals surface area contributed by atoms with E-state index in [2.05, 4.69) is 19.2 Å². The predicted molar refractivity (Wildman–Crippen MR) is 79.9 cm³/mol. The largest absolute Gasteiger partial charge is 0.316 e. The van der Waals surface area contributed by atoms with Gasteiger partial charge in [-0.2, -0.15) is 0 Å². The highest BCUT2D eigenvalue weighted by molar-refractivity contribution is 5.06. The van der Waals surface area contributed by atoms with Gasteiger partial charge in [0, 0.05) is 6.54 Å². The van der Waals surface area contributed by atoms with Gasteiger partial charge < -0.3 is 5.32 Å². The summed E-state index contributed by atoms with van der Waals surface area (Å²) < 4.78 is 0. The van der Waals surface area contributed by atoms with Crippen LogP contribution in [0, 0.1) is 40.9 Å². The molecule has 5 rings (SSSR count). The van der Waals surface area contributed by atoms with E-state index in [-0.39, 0.29) is 0 Å². The Morgan fingerprint density at radius 1 is 0.947 bits per heavy atom. The monoisotopic (exact) mass is 261 g/mol. The van der Waals surface area contributed by atoms with Crippen molar-refractivity contribution < 1.29 is 0 Å². The van der Waals surface area contributed by atoms with Crippen LogP contribution < -0.4 is 5.32 Å². The average molecular weight is 261 g/mol. The minimum absolute atomic E-state index is 0.640. The van der Waals surface area contributed by atoms with E-state index in [1.807, 2.05) is 0 Å². The molecule has 1 N–H and O–H groups in total. The van der Waals surface area contributed by atoms with E-state index in [0.717, 1.165) is 35.5 Å². The average Bonchev–Trinajstić information content (AvgIpc) is 2.38. The molecule has 1 aliphatic heterocycles. The molecule has 1 heterocycles. The molecule has 0 spiro atoms. The molecule has 5 fully saturated rings. The van der Waals surface area contributed by atoms with Crippen LogP contribution in [0.25, 0.3) is 0 Å². The van der Waals surface area contributed by atoms with Gasteiger partial charge in [0.1, 0.15) is 0 Å². The first-order valence-electron chi connectivity index (χ1n) is 8.90. The van der Waals surface area contributed by atoms with Gasteiger partial charge in [0.25, 0.3) is 0 Å². The van der Waals surface area contributed by atoms with Crippen molar-refractivity contribution in [3.05, 3.63) is 0 Å². The third kappa shape index (κ3) is 1.83. The Hall–Kier alpha value is -0.0400. The summed E-state index contributed by atoms with van der Waals surface area (Å²) in [5.74, 6) is 6.37. The topological polar surface area (TPSA) is 12.0 Å². The van der Waals surface area contributed by atoms with Crippen molar-refractivity contribution in [1.29, 1.82) is 0 Å². The molecular weight excluding hydrogens is 230 g/mol. The van der Waals surface area contributed by atoms with E-state index in [9.17, 15) is 0 Å². The van der Waals surface area contributed by atoms with Crippen molar-refractivity contribution in [2.24, 2.45) is 40.9 Å². The maximum Gasteiger partial charge on any atom is 0.00131 e. The van der Waals surface area contributed by atoms with Crippen molar-refractivity contribution >= 4 is 0 Å². The standard InChI is InChI=1S/C18H31N/c1-12(2)18(4-3-5-19-11-18)17-15-7-13-6-14(9-15)10-16(17)8-13/h12-17,19H,3-11H2,1-2H3. The highest BCUT2D eigenvalue weighted by atomic mass is 14.9. The first kappa shape index (κ1) is 12.7. The van der Waals surface area contributed by atoms with Crippen molar-refractivity contribution in [3.8, 4) is 0 Å². The Balaban J connectivity index is 1.66. The van der Waals surface area contributed by atoms with Crippen LogP contribution in [-0.4, -0.2) is 13.1 Å². The molecular formula is C18H31N. The van der Waals surface area contributed by atoms with Crippen LogP contribution in [0.5, 0.6) is 0 Å². The van der Waals surface area contributed by atoms with Gasteiger partial charge in [0.05, 0.1) is 0 Å². The summed E-state index contributed by atoms with van der Waals surface area (Å²) in [4.78, 5) is 0. The van der Waals surface area contributed by atoms with Crippen LogP contribution in [0.2, 0.25) is 0 Å². The SMILES string of the molecule is CC(C)C1(C2C3CC4CC(C3)CC2C4)CCCNC1. The summed E-state index contributed by atoms with van der Waals surface area (Å²) in [6.45, 7) is 7.61. The Morgan fingerprint density at radius 3 is 2.05 bits per heavy atom. The fraction of sp³-hybridized carbons (Fsp3) is 1.00. The molecule has 1 nitrogen and oxygen atoms in total. The molecule has 1 saturated heterocycles. The smallest absolute Gasteiger partial charge is 0.00131 e. The molecule has 1 unspecified atom stereocenters. The molecule has 0 radical (unpaired) electrons. The second-order valence-electron chi connectivity index (χ2n) is 8.62. The molecule has 1 atom stereocenters. The third-order valence-corrected chi connectivity index (χ3v) is 7.49. The van der Waals surface area contributed by atoms with Gasteiger partial charge in [-0.05, 0) is 92.4 Å². The number of nitrogens with one attached hydrogen (secondary N) is 1. The summed E-state index contributed by atoms with van der Waals surface area (Å²) >= 11 is 0. The number of hydrogen-bond acceptors (Lipinski definition) is 1. The lowest BCUT2D eigenvalue weighted by molar-refractivity contribution is -0.120. The highest BCUT2D eigenvalue weighted by Gasteiger charge is 2.56. The van der Waals surface area contributed by atoms with Crippen molar-refractivity contribution in [2.45, 2.75) is 58.8 Å². The minimum atomic E-state index is 0.640. The van der Waals surface area contributed by atoms with E-state index in [0.29, 0.717) is 5.41 Å². The van der Waals surface area contributed by atoms with E-state index in [4.69, 9.17) is 0 Å². The van der Waals surface area contributed by atoms with Crippen LogP contribution in [0.4, 0.5) is 0 Å². The third-order valence-electron chi connectivity index (χ3n) is 7.49. The van der Waals surface area contributed by atoms with E-state index >= 15 is 0 Å². The summed E-state index contributed by atoms with van der Waals surface area (Å²) in [6, 6.07) is 0. The molecule has 0 aromatic heterocycles. The zero-order valence-electron chi connectivity index (χ0n) is 12.8. The van der Waals surface area contributed by atoms with Gasteiger partial charge in [-0.25, -0.2) is 0 Å². The van der Waals surface area contributed by atoms with E-state index < -0.39 is 0 Å². The maximum absolute atomic E-state index is 3.77. The Morgan fingerprint density at radius 2 is 1.58 bits per heavy atom. The molecule has 19 heavy (non-hydrogen) atoms.